The highest BCUT2D eigenvalue weighted by Gasteiger charge is 2.02. The van der Waals surface area contributed by atoms with Gasteiger partial charge in [0.05, 0.1) is 7.11 Å². The van der Waals surface area contributed by atoms with Gasteiger partial charge in [-0.1, -0.05) is 6.92 Å². The highest BCUT2D eigenvalue weighted by atomic mass is 16.5. The van der Waals surface area contributed by atoms with Crippen LogP contribution in [0.4, 0.5) is 5.82 Å². The van der Waals surface area contributed by atoms with Crippen LogP contribution in [-0.4, -0.2) is 18.6 Å². The van der Waals surface area contributed by atoms with E-state index in [0.29, 0.717) is 0 Å². The zero-order chi connectivity index (χ0) is 11.4. The minimum absolute atomic E-state index is 0.875. The summed E-state index contributed by atoms with van der Waals surface area (Å²) in [6.45, 7) is 3.08. The van der Waals surface area contributed by atoms with Crippen molar-refractivity contribution in [1.29, 1.82) is 0 Å². The van der Waals surface area contributed by atoms with E-state index in [1.165, 1.54) is 0 Å². The molecule has 1 aromatic carbocycles. The summed E-state index contributed by atoms with van der Waals surface area (Å²) in [6, 6.07) is 8.02. The predicted octanol–water partition coefficient (Wildman–Crippen LogP) is 3.07. The molecule has 0 radical (unpaired) electrons. The van der Waals surface area contributed by atoms with Gasteiger partial charge in [0.15, 0.2) is 0 Å². The molecular weight excluding hydrogens is 200 g/mol. The molecular formula is C13H16N2O. The summed E-state index contributed by atoms with van der Waals surface area (Å²) in [4.78, 5) is 4.35. The molecule has 0 unspecified atom stereocenters. The van der Waals surface area contributed by atoms with E-state index in [0.717, 1.165) is 35.3 Å². The Labute approximate surface area is 95.5 Å². The van der Waals surface area contributed by atoms with Gasteiger partial charge in [-0.25, -0.2) is 4.98 Å². The van der Waals surface area contributed by atoms with Crippen LogP contribution in [0.3, 0.4) is 0 Å². The molecule has 1 aromatic heterocycles. The molecule has 0 amide bonds. The van der Waals surface area contributed by atoms with Gasteiger partial charge in [0.25, 0.3) is 0 Å². The van der Waals surface area contributed by atoms with Gasteiger partial charge < -0.3 is 10.1 Å². The second-order valence-electron chi connectivity index (χ2n) is 3.67. The molecule has 0 bridgehead atoms. The molecule has 3 heteroatoms. The van der Waals surface area contributed by atoms with Gasteiger partial charge in [0.2, 0.25) is 0 Å². The van der Waals surface area contributed by atoms with Gasteiger partial charge in [0, 0.05) is 18.1 Å². The summed E-state index contributed by atoms with van der Waals surface area (Å²) >= 11 is 0. The van der Waals surface area contributed by atoms with Crippen LogP contribution in [0.25, 0.3) is 10.8 Å². The lowest BCUT2D eigenvalue weighted by atomic mass is 10.1. The second kappa shape index (κ2) is 4.84. The van der Waals surface area contributed by atoms with E-state index in [9.17, 15) is 0 Å². The van der Waals surface area contributed by atoms with Crippen molar-refractivity contribution in [1.82, 2.24) is 4.98 Å². The number of hydrogen-bond donors (Lipinski definition) is 1. The van der Waals surface area contributed by atoms with E-state index in [2.05, 4.69) is 17.2 Å². The Hall–Kier alpha value is -1.77. The highest BCUT2D eigenvalue weighted by Crippen LogP contribution is 2.25. The Kier molecular flexibility index (Phi) is 3.25. The van der Waals surface area contributed by atoms with Crippen molar-refractivity contribution in [3.8, 4) is 5.75 Å². The number of anilines is 1. The maximum Gasteiger partial charge on any atom is 0.133 e. The summed E-state index contributed by atoms with van der Waals surface area (Å²) in [5.41, 5.74) is 0. The number of pyridine rings is 1. The van der Waals surface area contributed by atoms with Gasteiger partial charge in [-0.05, 0) is 36.1 Å². The summed E-state index contributed by atoms with van der Waals surface area (Å²) in [6.07, 6.45) is 2.91. The molecule has 0 fully saturated rings. The minimum atomic E-state index is 0.875. The van der Waals surface area contributed by atoms with Gasteiger partial charge >= 0.3 is 0 Å². The maximum absolute atomic E-state index is 5.20. The third-order valence-corrected chi connectivity index (χ3v) is 2.51. The maximum atomic E-state index is 5.20. The molecule has 3 nitrogen and oxygen atoms in total. The zero-order valence-electron chi connectivity index (χ0n) is 9.66. The first-order chi connectivity index (χ1) is 7.85. The van der Waals surface area contributed by atoms with Crippen LogP contribution in [0, 0.1) is 0 Å². The fraction of sp³-hybridized carbons (Fsp3) is 0.308. The topological polar surface area (TPSA) is 34.2 Å². The number of benzene rings is 1. The van der Waals surface area contributed by atoms with Crippen molar-refractivity contribution < 1.29 is 4.74 Å². The Morgan fingerprint density at radius 1 is 1.31 bits per heavy atom. The van der Waals surface area contributed by atoms with E-state index < -0.39 is 0 Å². The molecule has 1 heterocycles. The smallest absolute Gasteiger partial charge is 0.133 e. The largest absolute Gasteiger partial charge is 0.497 e. The highest BCUT2D eigenvalue weighted by molar-refractivity contribution is 5.92. The van der Waals surface area contributed by atoms with E-state index in [1.54, 1.807) is 7.11 Å². The van der Waals surface area contributed by atoms with Crippen molar-refractivity contribution in [3.05, 3.63) is 30.5 Å². The van der Waals surface area contributed by atoms with E-state index >= 15 is 0 Å². The lowest BCUT2D eigenvalue weighted by Crippen LogP contribution is -2.02. The monoisotopic (exact) mass is 216 g/mol. The van der Waals surface area contributed by atoms with Gasteiger partial charge in [-0.2, -0.15) is 0 Å². The molecule has 0 aliphatic carbocycles. The van der Waals surface area contributed by atoms with Crippen LogP contribution < -0.4 is 10.1 Å². The summed E-state index contributed by atoms with van der Waals surface area (Å²) in [5, 5.41) is 5.60. The molecule has 0 aliphatic heterocycles. The van der Waals surface area contributed by atoms with E-state index in [1.807, 2.05) is 30.5 Å². The Morgan fingerprint density at radius 2 is 2.19 bits per heavy atom. The Bertz CT molecular complexity index is 482. The Balaban J connectivity index is 2.43. The quantitative estimate of drug-likeness (QED) is 0.852. The van der Waals surface area contributed by atoms with Crippen LogP contribution in [0.5, 0.6) is 5.75 Å². The molecule has 0 atom stereocenters. The third kappa shape index (κ3) is 2.08. The first kappa shape index (κ1) is 10.7. The molecule has 84 valence electrons. The molecule has 1 N–H and O–H groups in total. The second-order valence-corrected chi connectivity index (χ2v) is 3.67. The predicted molar refractivity (Wildman–Crippen MR) is 67.1 cm³/mol. The van der Waals surface area contributed by atoms with E-state index in [-0.39, 0.29) is 0 Å². The lowest BCUT2D eigenvalue weighted by molar-refractivity contribution is 0.415. The molecule has 2 rings (SSSR count). The first-order valence-corrected chi connectivity index (χ1v) is 5.51. The first-order valence-electron chi connectivity index (χ1n) is 5.51. The van der Waals surface area contributed by atoms with Crippen LogP contribution >= 0.6 is 0 Å². The summed E-state index contributed by atoms with van der Waals surface area (Å²) < 4.78 is 5.20. The van der Waals surface area contributed by atoms with Crippen molar-refractivity contribution in [2.24, 2.45) is 0 Å². The van der Waals surface area contributed by atoms with Crippen LogP contribution in [0.1, 0.15) is 13.3 Å². The number of aromatic nitrogens is 1. The molecule has 0 aliphatic rings. The zero-order valence-corrected chi connectivity index (χ0v) is 9.66. The summed E-state index contributed by atoms with van der Waals surface area (Å²) in [7, 11) is 1.68. The molecule has 0 spiro atoms. The van der Waals surface area contributed by atoms with Crippen LogP contribution in [0.2, 0.25) is 0 Å². The molecule has 0 saturated carbocycles. The van der Waals surface area contributed by atoms with Crippen molar-refractivity contribution in [2.75, 3.05) is 19.0 Å². The number of nitrogens with one attached hydrogen (secondary N) is 1. The number of hydrogen-bond acceptors (Lipinski definition) is 3. The minimum Gasteiger partial charge on any atom is -0.497 e. The Morgan fingerprint density at radius 3 is 2.94 bits per heavy atom. The fourth-order valence-corrected chi connectivity index (χ4v) is 1.67. The number of methoxy groups -OCH3 is 1. The van der Waals surface area contributed by atoms with Crippen LogP contribution in [-0.2, 0) is 0 Å². The average Bonchev–Trinajstić information content (AvgIpc) is 2.35. The lowest BCUT2D eigenvalue weighted by Gasteiger charge is -2.08. The number of fused-ring (bicyclic) bond motifs is 1. The fourth-order valence-electron chi connectivity index (χ4n) is 1.67. The van der Waals surface area contributed by atoms with Crippen molar-refractivity contribution >= 4 is 16.6 Å². The van der Waals surface area contributed by atoms with E-state index in [4.69, 9.17) is 4.74 Å². The van der Waals surface area contributed by atoms with Crippen molar-refractivity contribution in [3.63, 3.8) is 0 Å². The van der Waals surface area contributed by atoms with Gasteiger partial charge in [-0.3, -0.25) is 0 Å². The SMILES string of the molecule is CCCNc1nccc2cc(OC)ccc12. The van der Waals surface area contributed by atoms with Gasteiger partial charge in [0.1, 0.15) is 11.6 Å². The average molecular weight is 216 g/mol. The third-order valence-electron chi connectivity index (χ3n) is 2.51. The van der Waals surface area contributed by atoms with Gasteiger partial charge in [-0.15, -0.1) is 0 Å². The van der Waals surface area contributed by atoms with Crippen molar-refractivity contribution in [2.45, 2.75) is 13.3 Å². The molecule has 2 aromatic rings. The summed E-state index contributed by atoms with van der Waals surface area (Å²) in [5.74, 6) is 1.82. The number of ether oxygens (including phenoxy) is 1. The number of nitrogens with zero attached hydrogens (tertiary/aromatic N) is 1. The standard InChI is InChI=1S/C13H16N2O/c1-3-7-14-13-12-5-4-11(16-2)9-10(12)6-8-15-13/h4-6,8-9H,3,7H2,1-2H3,(H,14,15). The molecule has 16 heavy (non-hydrogen) atoms. The molecule has 0 saturated heterocycles. The number of rotatable bonds is 4. The van der Waals surface area contributed by atoms with Crippen LogP contribution in [0.15, 0.2) is 30.5 Å². The normalized spacial score (nSPS) is 10.4.